The Morgan fingerprint density at radius 3 is 2.42 bits per heavy atom. The highest BCUT2D eigenvalue weighted by Gasteiger charge is 2.28. The molecule has 0 fully saturated rings. The molecule has 0 atom stereocenters. The van der Waals surface area contributed by atoms with Crippen molar-refractivity contribution in [2.45, 2.75) is 46.6 Å². The molecule has 3 heterocycles. The first-order valence-electron chi connectivity index (χ1n) is 8.28. The smallest absolute Gasteiger partial charge is 0.236 e. The third-order valence-electron chi connectivity index (χ3n) is 3.74. The van der Waals surface area contributed by atoms with Gasteiger partial charge in [-0.15, -0.1) is 0 Å². The minimum absolute atomic E-state index is 0.0897. The first kappa shape index (κ1) is 16.4. The molecule has 5 heteroatoms. The second-order valence-electron chi connectivity index (χ2n) is 8.06. The molecule has 5 nitrogen and oxygen atoms in total. The number of hydrogen-bond acceptors (Lipinski definition) is 4. The van der Waals surface area contributed by atoms with Crippen LogP contribution in [0.25, 0.3) is 17.2 Å². The Morgan fingerprint density at radius 1 is 1.00 bits per heavy atom. The van der Waals surface area contributed by atoms with E-state index in [1.165, 1.54) is 0 Å². The molecule has 3 rings (SSSR count). The van der Waals surface area contributed by atoms with Gasteiger partial charge in [-0.3, -0.25) is 9.38 Å². The molecule has 0 aliphatic carbocycles. The molecule has 0 saturated carbocycles. The number of fused-ring (bicyclic) bond motifs is 1. The molecule has 24 heavy (non-hydrogen) atoms. The first-order chi connectivity index (χ1) is 11.3. The summed E-state index contributed by atoms with van der Waals surface area (Å²) in [5, 5.41) is 3.69. The van der Waals surface area contributed by atoms with Crippen LogP contribution in [0.2, 0.25) is 0 Å². The number of nitrogens with one attached hydrogen (secondary N) is 1. The second-order valence-corrected chi connectivity index (χ2v) is 8.06. The Hall–Kier alpha value is -2.43. The summed E-state index contributed by atoms with van der Waals surface area (Å²) in [7, 11) is 0. The molecule has 0 amide bonds. The zero-order chi connectivity index (χ0) is 17.4. The maximum atomic E-state index is 4.69. The van der Waals surface area contributed by atoms with E-state index in [4.69, 9.17) is 4.98 Å². The fourth-order valence-corrected chi connectivity index (χ4v) is 3.38. The molecule has 1 N–H and O–H groups in total. The maximum Gasteiger partial charge on any atom is 0.236 e. The van der Waals surface area contributed by atoms with Crippen LogP contribution in [0.4, 0.5) is 5.82 Å². The highest BCUT2D eigenvalue weighted by molar-refractivity contribution is 5.73. The second kappa shape index (κ2) is 5.89. The lowest BCUT2D eigenvalue weighted by atomic mass is 9.82. The number of pyridine rings is 1. The summed E-state index contributed by atoms with van der Waals surface area (Å²) in [5.41, 5.74) is 1.81. The molecule has 0 bridgehead atoms. The van der Waals surface area contributed by atoms with E-state index in [0.29, 0.717) is 5.78 Å². The van der Waals surface area contributed by atoms with Crippen molar-refractivity contribution in [3.05, 3.63) is 42.9 Å². The van der Waals surface area contributed by atoms with Crippen molar-refractivity contribution < 1.29 is 0 Å². The topological polar surface area (TPSA) is 55.1 Å². The van der Waals surface area contributed by atoms with Gasteiger partial charge in [0.05, 0.1) is 5.69 Å². The third kappa shape index (κ3) is 3.55. The monoisotopic (exact) mass is 323 g/mol. The predicted molar refractivity (Wildman–Crippen MR) is 98.0 cm³/mol. The van der Waals surface area contributed by atoms with Crippen LogP contribution in [0.1, 0.15) is 41.0 Å². The van der Waals surface area contributed by atoms with Crippen molar-refractivity contribution in [1.29, 1.82) is 0 Å². The summed E-state index contributed by atoms with van der Waals surface area (Å²) < 4.78 is 1.99. The van der Waals surface area contributed by atoms with Gasteiger partial charge in [0.25, 0.3) is 0 Å². The Bertz CT molecular complexity index is 828. The van der Waals surface area contributed by atoms with Crippen LogP contribution < -0.4 is 5.32 Å². The quantitative estimate of drug-likeness (QED) is 0.772. The van der Waals surface area contributed by atoms with Gasteiger partial charge in [-0.2, -0.15) is 0 Å². The van der Waals surface area contributed by atoms with Crippen LogP contribution in [-0.2, 0) is 0 Å². The van der Waals surface area contributed by atoms with Gasteiger partial charge in [0.15, 0.2) is 0 Å². The summed E-state index contributed by atoms with van der Waals surface area (Å²) in [4.78, 5) is 13.5. The molecular formula is C19H25N5. The number of aromatic nitrogens is 4. The molecule has 0 unspecified atom stereocenters. The molecule has 0 aromatic carbocycles. The highest BCUT2D eigenvalue weighted by atomic mass is 15.2. The molecule has 0 saturated heterocycles. The van der Waals surface area contributed by atoms with Crippen molar-refractivity contribution in [3.63, 3.8) is 0 Å². The molecule has 0 radical (unpaired) electrons. The van der Waals surface area contributed by atoms with E-state index in [0.717, 1.165) is 23.6 Å². The SMILES string of the molecule is CC(C)(C)CC(C)(C)Nc1c(-c2ccccn2)nc2ncccn12. The van der Waals surface area contributed by atoms with E-state index in [9.17, 15) is 0 Å². The molecule has 0 spiro atoms. The van der Waals surface area contributed by atoms with Crippen molar-refractivity contribution in [2.24, 2.45) is 5.41 Å². The Kier molecular flexibility index (Phi) is 4.03. The summed E-state index contributed by atoms with van der Waals surface area (Å²) in [6.45, 7) is 11.2. The van der Waals surface area contributed by atoms with Gasteiger partial charge in [0.1, 0.15) is 11.5 Å². The van der Waals surface area contributed by atoms with Gasteiger partial charge in [-0.1, -0.05) is 26.8 Å². The van der Waals surface area contributed by atoms with Gasteiger partial charge in [0, 0.05) is 24.1 Å². The van der Waals surface area contributed by atoms with Gasteiger partial charge in [0.2, 0.25) is 5.78 Å². The standard InChI is InChI=1S/C19H25N5/c1-18(2,3)13-19(4,5)23-16-15(14-9-6-7-10-20-14)22-17-21-11-8-12-24(16)17/h6-12,23H,13H2,1-5H3. The van der Waals surface area contributed by atoms with Crippen molar-refractivity contribution in [2.75, 3.05) is 5.32 Å². The molecule has 3 aromatic heterocycles. The van der Waals surface area contributed by atoms with Gasteiger partial charge in [-0.05, 0) is 43.9 Å². The van der Waals surface area contributed by atoms with E-state index in [1.54, 1.807) is 12.4 Å². The fourth-order valence-electron chi connectivity index (χ4n) is 3.38. The zero-order valence-corrected chi connectivity index (χ0v) is 15.0. The van der Waals surface area contributed by atoms with Crippen molar-refractivity contribution >= 4 is 11.6 Å². The average Bonchev–Trinajstić information content (AvgIpc) is 2.84. The molecule has 0 aliphatic heterocycles. The summed E-state index contributed by atoms with van der Waals surface area (Å²) in [5.74, 6) is 1.61. The fraction of sp³-hybridized carbons (Fsp3) is 0.421. The van der Waals surface area contributed by atoms with Gasteiger partial charge >= 0.3 is 0 Å². The van der Waals surface area contributed by atoms with Gasteiger partial charge < -0.3 is 5.32 Å². The predicted octanol–water partition coefficient (Wildman–Crippen LogP) is 4.42. The van der Waals surface area contributed by atoms with Crippen LogP contribution in [0.15, 0.2) is 42.9 Å². The lowest BCUT2D eigenvalue weighted by Crippen LogP contribution is -2.36. The van der Waals surface area contributed by atoms with Crippen LogP contribution in [0, 0.1) is 5.41 Å². The van der Waals surface area contributed by atoms with E-state index in [-0.39, 0.29) is 11.0 Å². The van der Waals surface area contributed by atoms with Gasteiger partial charge in [-0.25, -0.2) is 9.97 Å². The number of hydrogen-bond donors (Lipinski definition) is 1. The van der Waals surface area contributed by atoms with E-state index in [2.05, 4.69) is 49.9 Å². The average molecular weight is 323 g/mol. The normalized spacial score (nSPS) is 12.5. The number of anilines is 1. The van der Waals surface area contributed by atoms with Crippen molar-refractivity contribution in [1.82, 2.24) is 19.4 Å². The zero-order valence-electron chi connectivity index (χ0n) is 15.0. The molecular weight excluding hydrogens is 298 g/mol. The first-order valence-corrected chi connectivity index (χ1v) is 8.28. The van der Waals surface area contributed by atoms with E-state index < -0.39 is 0 Å². The van der Waals surface area contributed by atoms with E-state index in [1.807, 2.05) is 34.9 Å². The van der Waals surface area contributed by atoms with Crippen LogP contribution >= 0.6 is 0 Å². The Morgan fingerprint density at radius 2 is 1.75 bits per heavy atom. The molecule has 126 valence electrons. The van der Waals surface area contributed by atoms with Crippen LogP contribution in [-0.4, -0.2) is 24.9 Å². The Labute approximate surface area is 143 Å². The summed E-state index contributed by atoms with van der Waals surface area (Å²) in [6, 6.07) is 7.78. The molecule has 0 aliphatic rings. The number of rotatable bonds is 4. The lowest BCUT2D eigenvalue weighted by Gasteiger charge is -2.34. The highest BCUT2D eigenvalue weighted by Crippen LogP contribution is 2.33. The summed E-state index contributed by atoms with van der Waals surface area (Å²) >= 11 is 0. The van der Waals surface area contributed by atoms with Crippen LogP contribution in [0.3, 0.4) is 0 Å². The largest absolute Gasteiger partial charge is 0.364 e. The minimum atomic E-state index is -0.0897. The Balaban J connectivity index is 2.09. The third-order valence-corrected chi connectivity index (χ3v) is 3.74. The number of imidazole rings is 1. The van der Waals surface area contributed by atoms with Crippen molar-refractivity contribution in [3.8, 4) is 11.4 Å². The van der Waals surface area contributed by atoms with E-state index >= 15 is 0 Å². The van der Waals surface area contributed by atoms with Crippen LogP contribution in [0.5, 0.6) is 0 Å². The lowest BCUT2D eigenvalue weighted by molar-refractivity contribution is 0.302. The minimum Gasteiger partial charge on any atom is -0.364 e. The number of nitrogens with zero attached hydrogens (tertiary/aromatic N) is 4. The maximum absolute atomic E-state index is 4.69. The molecule has 3 aromatic rings. The summed E-state index contributed by atoms with van der Waals surface area (Å²) in [6.07, 6.45) is 6.55.